The van der Waals surface area contributed by atoms with Crippen LogP contribution in [0.3, 0.4) is 0 Å². The van der Waals surface area contributed by atoms with E-state index in [-0.39, 0.29) is 0 Å². The first kappa shape index (κ1) is 12.0. The maximum absolute atomic E-state index is 5.81. The molecule has 1 aliphatic rings. The lowest BCUT2D eigenvalue weighted by atomic mass is 9.79. The predicted molar refractivity (Wildman–Crippen MR) is 59.3 cm³/mol. The minimum Gasteiger partial charge on any atom is -0.380 e. The van der Waals surface area contributed by atoms with Gasteiger partial charge < -0.3 is 10.5 Å². The van der Waals surface area contributed by atoms with Crippen LogP contribution in [0.4, 0.5) is 0 Å². The van der Waals surface area contributed by atoms with Gasteiger partial charge in [-0.2, -0.15) is 0 Å². The SMILES string of the molecule is CCOCCN(C)C(CN)C1CCC1. The van der Waals surface area contributed by atoms with E-state index in [1.54, 1.807) is 0 Å². The minimum absolute atomic E-state index is 0.573. The quantitative estimate of drug-likeness (QED) is 0.625. The highest BCUT2D eigenvalue weighted by molar-refractivity contribution is 4.84. The van der Waals surface area contributed by atoms with Crippen LogP contribution in [0, 0.1) is 5.92 Å². The van der Waals surface area contributed by atoms with Gasteiger partial charge in [0.1, 0.15) is 0 Å². The zero-order valence-electron chi connectivity index (χ0n) is 9.54. The van der Waals surface area contributed by atoms with E-state index in [0.29, 0.717) is 6.04 Å². The maximum atomic E-state index is 5.81. The molecule has 1 unspecified atom stereocenters. The third kappa shape index (κ3) is 3.23. The molecule has 84 valence electrons. The fourth-order valence-electron chi connectivity index (χ4n) is 2.08. The Labute approximate surface area is 87.6 Å². The van der Waals surface area contributed by atoms with Gasteiger partial charge in [0.2, 0.25) is 0 Å². The van der Waals surface area contributed by atoms with Gasteiger partial charge in [0.25, 0.3) is 0 Å². The molecule has 0 heterocycles. The molecule has 0 aliphatic heterocycles. The first-order valence-corrected chi connectivity index (χ1v) is 5.77. The van der Waals surface area contributed by atoms with Crippen LogP contribution >= 0.6 is 0 Å². The number of nitrogens with zero attached hydrogens (tertiary/aromatic N) is 1. The average molecular weight is 200 g/mol. The van der Waals surface area contributed by atoms with Crippen LogP contribution in [-0.4, -0.2) is 44.3 Å². The fourth-order valence-corrected chi connectivity index (χ4v) is 2.08. The van der Waals surface area contributed by atoms with Gasteiger partial charge >= 0.3 is 0 Å². The first-order chi connectivity index (χ1) is 6.79. The number of hydrogen-bond donors (Lipinski definition) is 1. The van der Waals surface area contributed by atoms with Crippen LogP contribution in [0.25, 0.3) is 0 Å². The topological polar surface area (TPSA) is 38.5 Å². The second-order valence-corrected chi connectivity index (χ2v) is 4.17. The molecule has 1 aliphatic carbocycles. The second-order valence-electron chi connectivity index (χ2n) is 4.17. The number of rotatable bonds is 7. The van der Waals surface area contributed by atoms with Gasteiger partial charge in [-0.15, -0.1) is 0 Å². The molecule has 1 fully saturated rings. The van der Waals surface area contributed by atoms with E-state index < -0.39 is 0 Å². The molecular formula is C11H24N2O. The van der Waals surface area contributed by atoms with Crippen LogP contribution < -0.4 is 5.73 Å². The molecule has 0 aromatic rings. The molecule has 0 spiro atoms. The van der Waals surface area contributed by atoms with Crippen molar-refractivity contribution in [3.8, 4) is 0 Å². The summed E-state index contributed by atoms with van der Waals surface area (Å²) in [7, 11) is 2.16. The van der Waals surface area contributed by atoms with Gasteiger partial charge in [-0.25, -0.2) is 0 Å². The lowest BCUT2D eigenvalue weighted by Crippen LogP contribution is -2.46. The van der Waals surface area contributed by atoms with Crippen molar-refractivity contribution >= 4 is 0 Å². The molecule has 0 aromatic heterocycles. The summed E-state index contributed by atoms with van der Waals surface area (Å²) in [6.45, 7) is 5.46. The van der Waals surface area contributed by atoms with E-state index in [1.807, 2.05) is 6.92 Å². The highest BCUT2D eigenvalue weighted by atomic mass is 16.5. The maximum Gasteiger partial charge on any atom is 0.0593 e. The molecule has 14 heavy (non-hydrogen) atoms. The molecule has 0 amide bonds. The van der Waals surface area contributed by atoms with Crippen LogP contribution in [0.1, 0.15) is 26.2 Å². The van der Waals surface area contributed by atoms with Crippen molar-refractivity contribution < 1.29 is 4.74 Å². The van der Waals surface area contributed by atoms with Crippen molar-refractivity contribution in [1.82, 2.24) is 4.90 Å². The summed E-state index contributed by atoms with van der Waals surface area (Å²) in [6, 6.07) is 0.573. The zero-order valence-corrected chi connectivity index (χ0v) is 9.54. The number of hydrogen-bond acceptors (Lipinski definition) is 3. The molecule has 0 radical (unpaired) electrons. The lowest BCUT2D eigenvalue weighted by Gasteiger charge is -2.38. The third-order valence-corrected chi connectivity index (χ3v) is 3.29. The van der Waals surface area contributed by atoms with E-state index in [1.165, 1.54) is 19.3 Å². The van der Waals surface area contributed by atoms with Gasteiger partial charge in [0, 0.05) is 25.7 Å². The average Bonchev–Trinajstić information content (AvgIpc) is 2.11. The van der Waals surface area contributed by atoms with E-state index >= 15 is 0 Å². The molecule has 1 rings (SSSR count). The second kappa shape index (κ2) is 6.38. The third-order valence-electron chi connectivity index (χ3n) is 3.29. The van der Waals surface area contributed by atoms with Gasteiger partial charge in [-0.3, -0.25) is 4.90 Å². The molecule has 3 nitrogen and oxygen atoms in total. The molecule has 1 saturated carbocycles. The smallest absolute Gasteiger partial charge is 0.0593 e. The summed E-state index contributed by atoms with van der Waals surface area (Å²) in [5, 5.41) is 0. The number of likely N-dealkylation sites (N-methyl/N-ethyl adjacent to an activating group) is 1. The Balaban J connectivity index is 2.20. The van der Waals surface area contributed by atoms with E-state index in [4.69, 9.17) is 10.5 Å². The first-order valence-electron chi connectivity index (χ1n) is 5.77. The van der Waals surface area contributed by atoms with E-state index in [9.17, 15) is 0 Å². The van der Waals surface area contributed by atoms with Gasteiger partial charge in [-0.05, 0) is 32.7 Å². The largest absolute Gasteiger partial charge is 0.380 e. The molecule has 1 atom stereocenters. The Kier molecular flexibility index (Phi) is 5.45. The summed E-state index contributed by atoms with van der Waals surface area (Å²) in [5.74, 6) is 0.839. The zero-order chi connectivity index (χ0) is 10.4. The van der Waals surface area contributed by atoms with Crippen LogP contribution in [-0.2, 0) is 4.74 Å². The van der Waals surface area contributed by atoms with Crippen LogP contribution in [0.2, 0.25) is 0 Å². The Morgan fingerprint density at radius 1 is 1.50 bits per heavy atom. The Bertz CT molecular complexity index is 148. The summed E-state index contributed by atoms with van der Waals surface area (Å²) in [4.78, 5) is 2.36. The summed E-state index contributed by atoms with van der Waals surface area (Å²) in [5.41, 5.74) is 5.81. The summed E-state index contributed by atoms with van der Waals surface area (Å²) in [6.07, 6.45) is 4.11. The van der Waals surface area contributed by atoms with E-state index in [2.05, 4.69) is 11.9 Å². The van der Waals surface area contributed by atoms with Crippen molar-refractivity contribution in [3.63, 3.8) is 0 Å². The molecule has 3 heteroatoms. The summed E-state index contributed by atoms with van der Waals surface area (Å²) < 4.78 is 5.35. The van der Waals surface area contributed by atoms with Crippen molar-refractivity contribution in [2.75, 3.05) is 33.4 Å². The van der Waals surface area contributed by atoms with E-state index in [0.717, 1.165) is 32.2 Å². The molecule has 0 saturated heterocycles. The number of ether oxygens (including phenoxy) is 1. The normalized spacial score (nSPS) is 19.7. The Morgan fingerprint density at radius 3 is 2.64 bits per heavy atom. The van der Waals surface area contributed by atoms with Crippen LogP contribution in [0.15, 0.2) is 0 Å². The standard InChI is InChI=1S/C11H24N2O/c1-3-14-8-7-13(2)11(9-12)10-5-4-6-10/h10-11H,3-9,12H2,1-2H3. The fraction of sp³-hybridized carbons (Fsp3) is 1.00. The molecule has 0 bridgehead atoms. The Morgan fingerprint density at radius 2 is 2.21 bits per heavy atom. The van der Waals surface area contributed by atoms with Crippen molar-refractivity contribution in [2.24, 2.45) is 11.7 Å². The van der Waals surface area contributed by atoms with Crippen molar-refractivity contribution in [2.45, 2.75) is 32.2 Å². The predicted octanol–water partition coefficient (Wildman–Crippen LogP) is 1.08. The molecule has 0 aromatic carbocycles. The van der Waals surface area contributed by atoms with Crippen molar-refractivity contribution in [3.05, 3.63) is 0 Å². The van der Waals surface area contributed by atoms with Crippen molar-refractivity contribution in [1.29, 1.82) is 0 Å². The highest BCUT2D eigenvalue weighted by Gasteiger charge is 2.28. The molecule has 2 N–H and O–H groups in total. The summed E-state index contributed by atoms with van der Waals surface area (Å²) >= 11 is 0. The minimum atomic E-state index is 0.573. The highest BCUT2D eigenvalue weighted by Crippen LogP contribution is 2.31. The van der Waals surface area contributed by atoms with Gasteiger partial charge in [0.05, 0.1) is 6.61 Å². The lowest BCUT2D eigenvalue weighted by molar-refractivity contribution is 0.0754. The molecular weight excluding hydrogens is 176 g/mol. The Hall–Kier alpha value is -0.120. The van der Waals surface area contributed by atoms with Gasteiger partial charge in [-0.1, -0.05) is 6.42 Å². The monoisotopic (exact) mass is 200 g/mol. The number of nitrogens with two attached hydrogens (primary N) is 1. The van der Waals surface area contributed by atoms with Crippen LogP contribution in [0.5, 0.6) is 0 Å². The van der Waals surface area contributed by atoms with Gasteiger partial charge in [0.15, 0.2) is 0 Å².